The molecule has 6 aromatic heterocycles. The first-order valence-corrected chi connectivity index (χ1v) is 48.2. The van der Waals surface area contributed by atoms with Crippen molar-refractivity contribution in [2.24, 2.45) is 20.0 Å². The van der Waals surface area contributed by atoms with Crippen LogP contribution in [-0.2, 0) is 88.2 Å². The summed E-state index contributed by atoms with van der Waals surface area (Å²) in [5.41, 5.74) is 14.9. The molecule has 147 heavy (non-hydrogen) atoms. The summed E-state index contributed by atoms with van der Waals surface area (Å²) >= 11 is 1.62. The Kier molecular flexibility index (Phi) is 25.4. The van der Waals surface area contributed by atoms with E-state index in [1.807, 2.05) is 197 Å². The molecule has 5 fully saturated rings. The van der Waals surface area contributed by atoms with E-state index in [0.29, 0.717) is 111 Å². The van der Waals surface area contributed by atoms with Gasteiger partial charge in [-0.3, -0.25) is 74.0 Å². The molecule has 0 bridgehead atoms. The minimum Gasteiger partial charge on any atom is -0.497 e. The maximum atomic E-state index is 13.3. The molecule has 0 radical (unpaired) electrons. The molecule has 16 amide bonds. The number of methoxy groups -OCH3 is 3. The van der Waals surface area contributed by atoms with E-state index in [0.717, 1.165) is 106 Å². The standard InChI is InChI=1S/C28H25N7O4.C28H27N5O4.C28H22N4O4S.C25H25N5O4/c1-39-20-9-6-18-12-34(25(36)21(18)10-20)13-28(26(37)32-27(38)33-28)19-7-4-17(5-8-19)22-23-24(30-14-29-22)35(15-31-23)11-16-2-3-16;1-5-6-13-37-22-12-9-20-15-33(25(34)23(20)14-22)16-28(26(35)29-27(36)30-28)21-10-7-19(8-11-21)24-17(2)31-32(4)18(24)3;1-36-20-10-7-18-15-32(25(33)21(18)14-20)16-28(26(34)30-27(35)31-28)19-8-5-17(6-9-19)23-11-12-24(37-23)22-4-2-3-13-29-22;1-14-21(15(2)29(3)28-14)16-5-8-18(9-6-16)25(23(32)26-24(33)27-25)13-30-12-17-7-10-19(34-4)11-20(17)22(30)31/h4-10,14-16H,2-3,11-13H2,1H3,(H2,32,33,37,38);7-12,14H,13,15-16H2,1-4H3,(H2,29,30,35,36);2-14H,15-16H2,1H3,(H2,30,31,34,35);5-11H,12-13H2,1-4H3,(H2,26,27,32,33)/t3*28-;25-/m0000/s1. The zero-order valence-electron chi connectivity index (χ0n) is 81.6. The lowest BCUT2D eigenvalue weighted by Gasteiger charge is -2.31. The first-order chi connectivity index (χ1) is 70.9. The summed E-state index contributed by atoms with van der Waals surface area (Å²) in [6.07, 6.45) is 7.57. The van der Waals surface area contributed by atoms with Crippen LogP contribution in [0, 0.1) is 45.5 Å². The molecule has 8 N–H and O–H groups in total. The van der Waals surface area contributed by atoms with E-state index in [2.05, 4.69) is 89.1 Å². The van der Waals surface area contributed by atoms with E-state index in [1.54, 1.807) is 126 Å². The van der Waals surface area contributed by atoms with Gasteiger partial charge in [-0.15, -0.1) is 17.3 Å². The van der Waals surface area contributed by atoms with Crippen LogP contribution in [-0.4, -0.2) is 189 Å². The summed E-state index contributed by atoms with van der Waals surface area (Å²) in [6.45, 7) is 12.1. The highest BCUT2D eigenvalue weighted by atomic mass is 32.1. The number of aromatic nitrogens is 9. The Labute approximate surface area is 846 Å². The van der Waals surface area contributed by atoms with Gasteiger partial charge in [0.1, 0.15) is 47.1 Å². The molecule has 38 heteroatoms. The van der Waals surface area contributed by atoms with Gasteiger partial charge < -0.3 is 64.4 Å². The molecule has 1 saturated carbocycles. The molecule has 4 saturated heterocycles. The maximum absolute atomic E-state index is 13.3. The Morgan fingerprint density at radius 2 is 0.776 bits per heavy atom. The topological polar surface area (TPSA) is 443 Å². The van der Waals surface area contributed by atoms with Gasteiger partial charge in [-0.25, -0.2) is 34.1 Å². The second-order valence-corrected chi connectivity index (χ2v) is 38.3. The second-order valence-electron chi connectivity index (χ2n) is 37.3. The molecule has 8 aromatic carbocycles. The molecular formula is C109H99N21O16S. The third-order valence-electron chi connectivity index (χ3n) is 28.3. The fraction of sp³-hybridized carbons (Fsp3) is 0.248. The first-order valence-electron chi connectivity index (χ1n) is 47.4. The molecule has 14 heterocycles. The van der Waals surface area contributed by atoms with E-state index < -0.39 is 69.9 Å². The normalized spacial score (nSPS) is 19.1. The average Bonchev–Trinajstić information content (AvgIpc) is 1.61. The number of amides is 16. The third kappa shape index (κ3) is 18.0. The molecule has 4 atom stereocenters. The maximum Gasteiger partial charge on any atom is 0.322 e. The van der Waals surface area contributed by atoms with Crippen LogP contribution in [0.2, 0.25) is 0 Å². The molecule has 742 valence electrons. The minimum atomic E-state index is -1.44. The van der Waals surface area contributed by atoms with Crippen LogP contribution < -0.4 is 61.5 Å². The summed E-state index contributed by atoms with van der Waals surface area (Å²) < 4.78 is 27.1. The Morgan fingerprint density at radius 3 is 1.12 bits per heavy atom. The SMILES string of the molecule is CC#CCOc1ccc2c(c1)C(=O)N(C[C@@]1(c3ccc(-c4c(C)nn(C)c4C)cc3)NC(=O)NC1=O)C2.COc1ccc2c(c1)C(=O)N(C[C@@]1(c3ccc(-c4c(C)nn(C)c4C)cc3)NC(=O)NC1=O)C2.COc1ccc2c(c1)C(=O)N(C[C@@]1(c3ccc(-c4ccc(-c5ccccn5)s4)cc3)NC(=O)NC1=O)C2.COc1ccc2c(c1)C(=O)N(C[C@@]1(c3ccc(-c4ncnc5c4ncn5CC4CC4)cc3)NC(=O)NC1=O)C2. The molecule has 8 aliphatic heterocycles. The average molecular weight is 1990 g/mol. The lowest BCUT2D eigenvalue weighted by atomic mass is 9.87. The number of hydrogen-bond acceptors (Lipinski definition) is 23. The zero-order chi connectivity index (χ0) is 103. The number of nitrogens with zero attached hydrogens (tertiary/aromatic N) is 13. The molecule has 0 spiro atoms. The van der Waals surface area contributed by atoms with Crippen molar-refractivity contribution in [2.45, 2.75) is 102 Å². The van der Waals surface area contributed by atoms with Gasteiger partial charge in [0.05, 0.1) is 75.8 Å². The number of fused-ring (bicyclic) bond motifs is 5. The summed E-state index contributed by atoms with van der Waals surface area (Å²) in [7, 11) is 8.43. The van der Waals surface area contributed by atoms with Crippen LogP contribution in [0.25, 0.3) is 65.7 Å². The van der Waals surface area contributed by atoms with Gasteiger partial charge in [0.15, 0.2) is 27.8 Å². The summed E-state index contributed by atoms with van der Waals surface area (Å²) in [6, 6.07) is 58.6. The number of hydrogen-bond donors (Lipinski definition) is 8. The van der Waals surface area contributed by atoms with E-state index in [1.165, 1.54) is 19.2 Å². The lowest BCUT2D eigenvalue weighted by Crippen LogP contribution is -2.52. The lowest BCUT2D eigenvalue weighted by molar-refractivity contribution is -0.125. The van der Waals surface area contributed by atoms with Crippen molar-refractivity contribution in [2.75, 3.05) is 54.1 Å². The van der Waals surface area contributed by atoms with E-state index in [9.17, 15) is 57.5 Å². The van der Waals surface area contributed by atoms with Gasteiger partial charge >= 0.3 is 24.1 Å². The van der Waals surface area contributed by atoms with Crippen LogP contribution >= 0.6 is 11.3 Å². The van der Waals surface area contributed by atoms with E-state index >= 15 is 0 Å². The van der Waals surface area contributed by atoms with Crippen molar-refractivity contribution < 1.29 is 76.5 Å². The number of aryl methyl sites for hydroxylation is 4. The van der Waals surface area contributed by atoms with Crippen LogP contribution in [0.5, 0.6) is 23.0 Å². The summed E-state index contributed by atoms with van der Waals surface area (Å²) in [5.74, 6) is 5.74. The molecule has 0 unspecified atom stereocenters. The van der Waals surface area contributed by atoms with E-state index in [-0.39, 0.29) is 56.4 Å². The fourth-order valence-corrected chi connectivity index (χ4v) is 21.3. The fourth-order valence-electron chi connectivity index (χ4n) is 20.3. The van der Waals surface area contributed by atoms with Gasteiger partial charge in [0, 0.05) is 108 Å². The predicted molar refractivity (Wildman–Crippen MR) is 539 cm³/mol. The number of imidazole rings is 1. The summed E-state index contributed by atoms with van der Waals surface area (Å²) in [4.78, 5) is 181. The molecular weight excluding hydrogens is 1890 g/mol. The number of urea groups is 4. The number of carbonyl (C=O) groups is 12. The number of nitrogens with one attached hydrogen (secondary N) is 8. The summed E-state index contributed by atoms with van der Waals surface area (Å²) in [5, 5.41) is 29.5. The van der Waals surface area contributed by atoms with Gasteiger partial charge in [-0.1, -0.05) is 133 Å². The number of benzene rings is 8. The molecule has 23 rings (SSSR count). The number of imide groups is 4. The largest absolute Gasteiger partial charge is 0.497 e. The van der Waals surface area contributed by atoms with Crippen molar-refractivity contribution in [1.29, 1.82) is 0 Å². The van der Waals surface area contributed by atoms with Gasteiger partial charge in [-0.2, -0.15) is 10.2 Å². The van der Waals surface area contributed by atoms with Crippen LogP contribution in [0.1, 0.15) is 128 Å². The highest BCUT2D eigenvalue weighted by Gasteiger charge is 2.55. The smallest absolute Gasteiger partial charge is 0.322 e. The number of ether oxygens (including phenoxy) is 4. The molecule has 1 aliphatic carbocycles. The predicted octanol–water partition coefficient (Wildman–Crippen LogP) is 12.0. The van der Waals surface area contributed by atoms with Crippen LogP contribution in [0.15, 0.2) is 219 Å². The first kappa shape index (κ1) is 96.5. The molecule has 9 aliphatic rings. The van der Waals surface area contributed by atoms with Crippen LogP contribution in [0.4, 0.5) is 19.2 Å². The highest BCUT2D eigenvalue weighted by Crippen LogP contribution is 2.44. The Morgan fingerprint density at radius 1 is 0.408 bits per heavy atom. The van der Waals surface area contributed by atoms with Crippen molar-refractivity contribution in [3.05, 3.63) is 309 Å². The zero-order valence-corrected chi connectivity index (χ0v) is 82.4. The second kappa shape index (κ2) is 38.7. The monoisotopic (exact) mass is 1990 g/mol. The Bertz CT molecular complexity index is 7860. The number of rotatable bonds is 24. The van der Waals surface area contributed by atoms with E-state index in [4.69, 9.17) is 18.9 Å². The Hall–Kier alpha value is -18.0. The van der Waals surface area contributed by atoms with Crippen molar-refractivity contribution in [1.82, 2.24) is 106 Å². The molecule has 37 nitrogen and oxygen atoms in total. The van der Waals surface area contributed by atoms with Gasteiger partial charge in [-0.05, 0) is 187 Å². The Balaban J connectivity index is 0.000000119. The number of carbonyl (C=O) groups excluding carboxylic acids is 12. The van der Waals surface area contributed by atoms with Crippen molar-refractivity contribution >= 4 is 93.9 Å². The van der Waals surface area contributed by atoms with Gasteiger partial charge in [0.25, 0.3) is 47.3 Å². The third-order valence-corrected chi connectivity index (χ3v) is 29.4. The van der Waals surface area contributed by atoms with Crippen molar-refractivity contribution in [3.63, 3.8) is 0 Å². The van der Waals surface area contributed by atoms with Crippen LogP contribution in [0.3, 0.4) is 0 Å². The quantitative estimate of drug-likeness (QED) is 0.0206. The van der Waals surface area contributed by atoms with Gasteiger partial charge in [0.2, 0.25) is 0 Å². The highest BCUT2D eigenvalue weighted by molar-refractivity contribution is 7.18. The number of thiophene rings is 1. The molecule has 14 aromatic rings. The number of pyridine rings is 1. The minimum absolute atomic E-state index is 0.00256. The van der Waals surface area contributed by atoms with Crippen molar-refractivity contribution in [3.8, 4) is 89.4 Å².